The minimum Gasteiger partial charge on any atom is -0.488 e. The van der Waals surface area contributed by atoms with Gasteiger partial charge in [0.1, 0.15) is 76.9 Å². The number of carbonyl (C=O) groups excluding carboxylic acids is 3. The van der Waals surface area contributed by atoms with Gasteiger partial charge in [-0.3, -0.25) is 14.4 Å². The van der Waals surface area contributed by atoms with Crippen LogP contribution in [0.15, 0.2) is 255 Å². The second kappa shape index (κ2) is 39.5. The molecule has 4 atom stereocenters. The highest BCUT2D eigenvalue weighted by Crippen LogP contribution is 2.42. The second-order valence-corrected chi connectivity index (χ2v) is 32.9. The lowest BCUT2D eigenvalue weighted by Gasteiger charge is -2.29. The van der Waals surface area contributed by atoms with Crippen molar-refractivity contribution >= 4 is 45.6 Å². The molecule has 6 saturated heterocycles. The van der Waals surface area contributed by atoms with Gasteiger partial charge in [-0.25, -0.2) is 22.0 Å². The zero-order valence-corrected chi connectivity index (χ0v) is 70.6. The molecule has 6 aliphatic heterocycles. The van der Waals surface area contributed by atoms with E-state index in [-0.39, 0.29) is 54.3 Å². The molecule has 9 N–H and O–H groups in total. The van der Waals surface area contributed by atoms with Gasteiger partial charge in [0, 0.05) is 119 Å². The van der Waals surface area contributed by atoms with Crippen molar-refractivity contribution in [2.45, 2.75) is 83.1 Å². The summed E-state index contributed by atoms with van der Waals surface area (Å²) < 4.78 is 108. The van der Waals surface area contributed by atoms with Gasteiger partial charge in [0.2, 0.25) is 0 Å². The average molecular weight is 1710 g/mol. The number of aryl methyl sites for hydroxylation is 3. The topological polar surface area (TPSA) is 215 Å². The second-order valence-electron chi connectivity index (χ2n) is 32.9. The molecule has 3 amide bonds. The van der Waals surface area contributed by atoms with Crippen LogP contribution in [0.5, 0.6) is 34.5 Å². The number of anilines is 3. The van der Waals surface area contributed by atoms with Crippen LogP contribution >= 0.6 is 0 Å². The van der Waals surface area contributed by atoms with E-state index in [1.54, 1.807) is 67.6 Å². The van der Waals surface area contributed by atoms with Gasteiger partial charge in [0.05, 0.1) is 0 Å². The molecule has 18 nitrogen and oxygen atoms in total. The number of halogens is 5. The van der Waals surface area contributed by atoms with Crippen LogP contribution in [0.1, 0.15) is 73.4 Å². The third-order valence-corrected chi connectivity index (χ3v) is 23.5. The Kier molecular flexibility index (Phi) is 26.7. The maximum absolute atomic E-state index is 14.5. The van der Waals surface area contributed by atoms with Crippen molar-refractivity contribution < 1.29 is 64.8 Å². The number of amides is 3. The molecule has 13 aromatic carbocycles. The first kappa shape index (κ1) is 85.9. The first-order chi connectivity index (χ1) is 61.8. The molecule has 19 rings (SSSR count). The van der Waals surface area contributed by atoms with Crippen molar-refractivity contribution in [3.63, 3.8) is 0 Å². The number of rotatable bonds is 24. The Balaban J connectivity index is 0.000000134. The molecule has 6 heterocycles. The Morgan fingerprint density at radius 1 is 0.268 bits per heavy atom. The Morgan fingerprint density at radius 3 is 0.890 bits per heavy atom. The predicted molar refractivity (Wildman–Crippen MR) is 489 cm³/mol. The van der Waals surface area contributed by atoms with E-state index in [1.807, 2.05) is 104 Å². The highest BCUT2D eigenvalue weighted by atomic mass is 19.2. The van der Waals surface area contributed by atoms with Gasteiger partial charge in [-0.05, 0) is 268 Å². The Bertz CT molecular complexity index is 6170. The van der Waals surface area contributed by atoms with Gasteiger partial charge in [-0.15, -0.1) is 0 Å². The molecule has 127 heavy (non-hydrogen) atoms. The quantitative estimate of drug-likeness (QED) is 0.0257. The summed E-state index contributed by atoms with van der Waals surface area (Å²) in [5, 5.41) is 31.0. The summed E-state index contributed by atoms with van der Waals surface area (Å²) in [5.74, 6) is -1.17. The van der Waals surface area contributed by atoms with E-state index in [0.717, 1.165) is 170 Å². The summed E-state index contributed by atoms with van der Waals surface area (Å²) in [6.07, 6.45) is 3.84. The molecule has 0 bridgehead atoms. The lowest BCUT2D eigenvalue weighted by Crippen LogP contribution is -2.50. The third kappa shape index (κ3) is 21.1. The highest BCUT2D eigenvalue weighted by molar-refractivity contribution is 6.08. The largest absolute Gasteiger partial charge is 0.488 e. The van der Waals surface area contributed by atoms with E-state index in [0.29, 0.717) is 110 Å². The molecule has 0 unspecified atom stereocenters. The Morgan fingerprint density at radius 2 is 0.559 bits per heavy atom. The zero-order valence-electron chi connectivity index (χ0n) is 70.6. The first-order valence-electron chi connectivity index (χ1n) is 43.2. The van der Waals surface area contributed by atoms with Crippen LogP contribution < -0.4 is 76.3 Å². The Labute approximate surface area is 734 Å². The molecule has 6 fully saturated rings. The van der Waals surface area contributed by atoms with Gasteiger partial charge in [-0.1, -0.05) is 120 Å². The number of hydrogen-bond donors (Lipinski definition) is 9. The number of carbonyl (C=O) groups is 3. The van der Waals surface area contributed by atoms with Crippen LogP contribution in [0, 0.1) is 49.9 Å². The van der Waals surface area contributed by atoms with Crippen molar-refractivity contribution in [2.24, 2.45) is 0 Å². The van der Waals surface area contributed by atoms with Gasteiger partial charge in [0.25, 0.3) is 17.7 Å². The lowest BCUT2D eigenvalue weighted by molar-refractivity contribution is 0.101. The summed E-state index contributed by atoms with van der Waals surface area (Å²) >= 11 is 0. The van der Waals surface area contributed by atoms with Crippen LogP contribution in [0.3, 0.4) is 0 Å². The summed E-state index contributed by atoms with van der Waals surface area (Å²) in [7, 11) is 0. The third-order valence-electron chi connectivity index (χ3n) is 23.5. The summed E-state index contributed by atoms with van der Waals surface area (Å²) in [6, 6.07) is 76.0. The first-order valence-corrected chi connectivity index (χ1v) is 43.2. The van der Waals surface area contributed by atoms with Crippen LogP contribution in [-0.2, 0) is 0 Å². The number of fused-ring (bicyclic) bond motifs is 1. The van der Waals surface area contributed by atoms with E-state index in [4.69, 9.17) is 28.4 Å². The van der Waals surface area contributed by atoms with E-state index in [1.165, 1.54) is 29.1 Å². The average Bonchev–Trinajstić information content (AvgIpc) is 1.34. The van der Waals surface area contributed by atoms with Gasteiger partial charge >= 0.3 is 0 Å². The minimum absolute atomic E-state index is 0.00930. The van der Waals surface area contributed by atoms with Crippen LogP contribution in [0.2, 0.25) is 0 Å². The standard InChI is InChI=1S/C38H37N3O3.C34H32F3N3O3.C32H29F2N3O3/c1-25-6-8-27(9-7-25)35-22-31(13-15-37(35)44-33-17-19-40-24-33)41-38(42)30-12-14-36(43-32-16-18-39-23-32)34(21-30)29-11-10-26-4-2-3-5-28(26)20-29;1-20-2-3-21(15-30(20)36)28-17-24(6-9-33(28)43-26-11-13-39-19-26)40-34(41)23-5-8-32(42-25-10-12-38-18-25)27(14-23)22-4-7-29(35)31(37)16-22;1-19-2-4-20(5-3-19)27-14-23(8-11-31(27)40-25-17-36-18-25)37-32(38)22-7-10-30(39-24-15-35-16-24)26(12-22)21-6-9-28(33)29(34)13-21/h2-15,20-22,32-33,39-40H,16-19,23-24H2,1H3,(H,41,42);2-9,14-17,25-26,38-39H,10-13,18-19H2,1H3,(H,40,41);2-14,24-25,35-36H,15-18H2,1H3,(H,37,38)/t32-,33-;25-,26-;/m00./s1. The number of hydrogen-bond acceptors (Lipinski definition) is 15. The van der Waals surface area contributed by atoms with Crippen molar-refractivity contribution in [1.29, 1.82) is 0 Å². The van der Waals surface area contributed by atoms with E-state index < -0.39 is 29.2 Å². The molecule has 0 aromatic heterocycles. The highest BCUT2D eigenvalue weighted by Gasteiger charge is 2.29. The van der Waals surface area contributed by atoms with Crippen molar-refractivity contribution in [1.82, 2.24) is 31.9 Å². The molecule has 23 heteroatoms. The van der Waals surface area contributed by atoms with Crippen LogP contribution in [-0.4, -0.2) is 133 Å². The van der Waals surface area contributed by atoms with E-state index >= 15 is 0 Å². The fourth-order valence-electron chi connectivity index (χ4n) is 16.0. The minimum atomic E-state index is -0.989. The molecule has 648 valence electrons. The summed E-state index contributed by atoms with van der Waals surface area (Å²) in [6.45, 7) is 15.4. The molecule has 6 aliphatic rings. The maximum atomic E-state index is 14.5. The SMILES string of the molecule is Cc1ccc(-c2cc(NC(=O)c3ccc(OC4CNC4)c(-c4ccc(F)c(F)c4)c3)ccc2OC2CNC2)cc1.Cc1ccc(-c2cc(NC(=O)c3ccc(O[C@H]4CCNC4)c(-c4ccc(F)c(F)c4)c3)ccc2O[C@H]2CCNC2)cc1F.Cc1ccc(-c2cc(NC(=O)c3ccc(O[C@H]4CCNC4)c(-c4ccc5ccccc5c4)c3)ccc2O[C@H]2CCNC2)cc1. The smallest absolute Gasteiger partial charge is 0.255 e. The maximum Gasteiger partial charge on any atom is 0.255 e. The molecular formula is C104H98F5N9O9. The number of benzene rings is 13. The molecule has 0 spiro atoms. The predicted octanol–water partition coefficient (Wildman–Crippen LogP) is 19.3. The number of ether oxygens (including phenoxy) is 6. The molecule has 0 saturated carbocycles. The normalized spacial score (nSPS) is 17.1. The van der Waals surface area contributed by atoms with Crippen LogP contribution in [0.25, 0.3) is 77.5 Å². The van der Waals surface area contributed by atoms with Gasteiger partial charge in [0.15, 0.2) is 23.3 Å². The fourth-order valence-corrected chi connectivity index (χ4v) is 16.0. The number of nitrogens with one attached hydrogen (secondary N) is 9. The van der Waals surface area contributed by atoms with E-state index in [9.17, 15) is 36.3 Å². The fraction of sp³-hybridized carbons (Fsp3) is 0.240. The zero-order chi connectivity index (χ0) is 87.4. The summed E-state index contributed by atoms with van der Waals surface area (Å²) in [4.78, 5) is 40.6. The molecule has 0 radical (unpaired) electrons. The Hall–Kier alpha value is -13.3. The lowest BCUT2D eigenvalue weighted by atomic mass is 9.98. The van der Waals surface area contributed by atoms with E-state index in [2.05, 4.69) is 109 Å². The van der Waals surface area contributed by atoms with Crippen molar-refractivity contribution in [3.05, 3.63) is 317 Å². The molecule has 13 aromatic rings. The molecule has 0 aliphatic carbocycles. The van der Waals surface area contributed by atoms with Crippen molar-refractivity contribution in [3.8, 4) is 101 Å². The summed E-state index contributed by atoms with van der Waals surface area (Å²) in [5.41, 5.74) is 14.8. The molecular weight excluding hydrogens is 1610 g/mol. The van der Waals surface area contributed by atoms with Gasteiger partial charge in [-0.2, -0.15) is 0 Å². The van der Waals surface area contributed by atoms with Crippen LogP contribution in [0.4, 0.5) is 39.0 Å². The monoisotopic (exact) mass is 1710 g/mol. The van der Waals surface area contributed by atoms with Gasteiger partial charge < -0.3 is 76.3 Å². The van der Waals surface area contributed by atoms with Crippen molar-refractivity contribution in [2.75, 3.05) is 94.5 Å².